The molecule has 70 heavy (non-hydrogen) atoms. The minimum absolute atomic E-state index is 0.0159. The molecule has 2 aliphatic rings. The number of carbonyl (C=O) groups excluding carboxylic acids is 4. The van der Waals surface area contributed by atoms with E-state index in [1.807, 2.05) is 81.7 Å². The van der Waals surface area contributed by atoms with Crippen molar-refractivity contribution in [2.24, 2.45) is 5.41 Å². The highest BCUT2D eigenvalue weighted by molar-refractivity contribution is 7.22. The summed E-state index contributed by atoms with van der Waals surface area (Å²) in [5.74, 6) is -1.12. The molecule has 0 radical (unpaired) electrons. The van der Waals surface area contributed by atoms with Crippen LogP contribution in [0.25, 0.3) is 31.0 Å². The number of aliphatic hydroxyl groups is 1. The van der Waals surface area contributed by atoms with Crippen LogP contribution in [0, 0.1) is 12.3 Å². The number of aliphatic hydroxyl groups excluding tert-OH is 1. The number of nitrogens with one attached hydrogen (secondary N) is 2. The van der Waals surface area contributed by atoms with E-state index in [1.54, 1.807) is 53.8 Å². The third-order valence-corrected chi connectivity index (χ3v) is 14.9. The summed E-state index contributed by atoms with van der Waals surface area (Å²) in [5, 5.41) is 37.1. The van der Waals surface area contributed by atoms with Crippen molar-refractivity contribution >= 4 is 62.0 Å². The van der Waals surface area contributed by atoms with Crippen LogP contribution in [0.4, 0.5) is 5.69 Å². The van der Waals surface area contributed by atoms with Crippen molar-refractivity contribution in [2.45, 2.75) is 58.8 Å². The number of piperazine rings is 1. The number of hydrogen-bond donors (Lipinski definition) is 5. The maximum absolute atomic E-state index is 14.1. The normalized spacial score (nSPS) is 16.9. The van der Waals surface area contributed by atoms with Crippen molar-refractivity contribution in [3.8, 4) is 32.4 Å². The summed E-state index contributed by atoms with van der Waals surface area (Å²) in [7, 11) is 0. The monoisotopic (exact) mass is 988 g/mol. The number of fused-ring (bicyclic) bond motifs is 1. The maximum atomic E-state index is 14.1. The topological polar surface area (TPSA) is 194 Å². The summed E-state index contributed by atoms with van der Waals surface area (Å²) in [4.78, 5) is 66.8. The van der Waals surface area contributed by atoms with Crippen molar-refractivity contribution in [2.75, 3.05) is 70.6 Å². The predicted octanol–water partition coefficient (Wildman–Crippen LogP) is 6.61. The summed E-state index contributed by atoms with van der Waals surface area (Å²) in [6.07, 6.45) is -0.776. The summed E-state index contributed by atoms with van der Waals surface area (Å²) >= 11 is 3.01. The summed E-state index contributed by atoms with van der Waals surface area (Å²) in [6, 6.07) is 25.5. The average Bonchev–Trinajstić information content (AvgIpc) is 4.08. The first-order valence-electron chi connectivity index (χ1n) is 23.5. The van der Waals surface area contributed by atoms with Crippen LogP contribution >= 0.6 is 22.7 Å². The largest absolute Gasteiger partial charge is 0.508 e. The lowest BCUT2D eigenvalue weighted by molar-refractivity contribution is -0.144. The Hall–Kier alpha value is -6.21. The fraction of sp³-hybridized carbons (Fsp3) is 0.377. The zero-order valence-corrected chi connectivity index (χ0v) is 41.5. The average molecular weight is 989 g/mol. The number of carbonyl (C=O) groups is 4. The highest BCUT2D eigenvalue weighted by Gasteiger charge is 2.44. The molecule has 4 aromatic carbocycles. The van der Waals surface area contributed by atoms with Crippen LogP contribution in [0.3, 0.4) is 0 Å². The van der Waals surface area contributed by atoms with Gasteiger partial charge in [-0.1, -0.05) is 45.0 Å². The first-order chi connectivity index (χ1) is 33.6. The summed E-state index contributed by atoms with van der Waals surface area (Å²) in [6.45, 7) is 12.4. The fourth-order valence-corrected chi connectivity index (χ4v) is 10.9. The van der Waals surface area contributed by atoms with E-state index in [1.165, 1.54) is 16.2 Å². The Morgan fingerprint density at radius 3 is 2.19 bits per heavy atom. The molecule has 8 rings (SSSR count). The van der Waals surface area contributed by atoms with Gasteiger partial charge in [-0.25, -0.2) is 4.98 Å². The van der Waals surface area contributed by atoms with Crippen molar-refractivity contribution in [1.29, 1.82) is 0 Å². The number of ether oxygens (including phenoxy) is 2. The third-order valence-electron chi connectivity index (χ3n) is 12.8. The van der Waals surface area contributed by atoms with Crippen molar-refractivity contribution in [1.82, 2.24) is 25.4 Å². The van der Waals surface area contributed by atoms with Gasteiger partial charge in [-0.05, 0) is 95.8 Å². The number of anilines is 1. The Labute approximate surface area is 415 Å². The first kappa shape index (κ1) is 50.2. The smallest absolute Gasteiger partial charge is 0.246 e. The van der Waals surface area contributed by atoms with Gasteiger partial charge in [0.25, 0.3) is 0 Å². The minimum atomic E-state index is -0.964. The van der Waals surface area contributed by atoms with Crippen molar-refractivity contribution < 1.29 is 44.0 Å². The van der Waals surface area contributed by atoms with Crippen LogP contribution in [-0.4, -0.2) is 137 Å². The molecule has 0 aliphatic carbocycles. The molecular weight excluding hydrogens is 929 g/mol. The Bertz CT molecular complexity index is 2780. The second-order valence-corrected chi connectivity index (χ2v) is 20.8. The number of aryl methyl sites for hydroxylation is 1. The molecule has 0 spiro atoms. The van der Waals surface area contributed by atoms with Crippen LogP contribution in [0.5, 0.6) is 11.5 Å². The Morgan fingerprint density at radius 1 is 0.829 bits per heavy atom. The van der Waals surface area contributed by atoms with E-state index in [0.29, 0.717) is 24.3 Å². The predicted molar refractivity (Wildman–Crippen MR) is 272 cm³/mol. The lowest BCUT2D eigenvalue weighted by Gasteiger charge is -2.36. The fourth-order valence-electron chi connectivity index (χ4n) is 8.89. The van der Waals surface area contributed by atoms with Crippen LogP contribution in [0.1, 0.15) is 54.4 Å². The quantitative estimate of drug-likeness (QED) is 0.0458. The number of hydrogen-bond acceptors (Lipinski definition) is 14. The van der Waals surface area contributed by atoms with Gasteiger partial charge in [0.15, 0.2) is 5.78 Å². The molecule has 6 aromatic rings. The molecule has 0 saturated carbocycles. The van der Waals surface area contributed by atoms with E-state index in [9.17, 15) is 34.5 Å². The van der Waals surface area contributed by atoms with Crippen LogP contribution < -0.4 is 15.5 Å². The molecule has 368 valence electrons. The van der Waals surface area contributed by atoms with E-state index < -0.39 is 35.4 Å². The Kier molecular flexibility index (Phi) is 16.0. The molecule has 15 nitrogen and oxygen atoms in total. The molecule has 2 fully saturated rings. The number of phenols is 2. The second kappa shape index (κ2) is 22.3. The molecule has 5 N–H and O–H groups in total. The number of phenolic OH excluding ortho intramolecular Hbond substituents is 2. The number of thiazole rings is 1. The summed E-state index contributed by atoms with van der Waals surface area (Å²) < 4.78 is 12.3. The Balaban J connectivity index is 0.740. The Morgan fingerprint density at radius 2 is 1.50 bits per heavy atom. The van der Waals surface area contributed by atoms with Gasteiger partial charge in [-0.2, -0.15) is 0 Å². The standard InChI is InChI=1S/C53H60N6O9S2/c1-33-48(69-32-55-33)36-7-5-34(6-8-36)29-54-51(65)43-27-41(62)30-59(43)52(66)50(53(2,3)4)56-45(63)31-68-26-25-67-24-23-57-19-21-58(22-20-57)38-13-9-35(10-14-38)47(64)46-42-18-17-40(61)28-44(42)70-49(46)37-11-15-39(60)16-12-37/h5-18,28,32,41,43,50,60-62H,19-27,29-31H2,1-4H3,(H,54,65)(H,56,63)/t41-,43+,50-/m1/s1. The number of likely N-dealkylation sites (tertiary alicyclic amines) is 1. The molecule has 3 amide bonds. The zero-order chi connectivity index (χ0) is 49.5. The van der Waals surface area contributed by atoms with E-state index in [2.05, 4.69) is 25.4 Å². The molecule has 4 heterocycles. The number of aromatic hydroxyl groups is 2. The highest BCUT2D eigenvalue weighted by Crippen LogP contribution is 2.42. The van der Waals surface area contributed by atoms with E-state index >= 15 is 0 Å². The SMILES string of the molecule is Cc1ncsc1-c1ccc(CNC(=O)[C@@H]2C[C@@H](O)CN2C(=O)[C@@H](NC(=O)COCCOCCN2CCN(c3ccc(C(=O)c4c(-c5ccc(O)cc5)sc5cc(O)ccc45)cc3)CC2)C(C)(C)C)cc1. The molecule has 3 atom stereocenters. The van der Waals surface area contributed by atoms with Crippen molar-refractivity contribution in [3.05, 3.63) is 119 Å². The van der Waals surface area contributed by atoms with E-state index in [-0.39, 0.29) is 55.9 Å². The molecule has 2 aliphatic heterocycles. The lowest BCUT2D eigenvalue weighted by Crippen LogP contribution is -2.58. The van der Waals surface area contributed by atoms with Crippen LogP contribution in [0.15, 0.2) is 96.5 Å². The number of amides is 3. The minimum Gasteiger partial charge on any atom is -0.508 e. The lowest BCUT2D eigenvalue weighted by atomic mass is 9.85. The third kappa shape index (κ3) is 12.0. The first-order valence-corrected chi connectivity index (χ1v) is 25.2. The van der Waals surface area contributed by atoms with Gasteiger partial charge in [-0.15, -0.1) is 22.7 Å². The molecule has 0 unspecified atom stereocenters. The number of nitrogens with zero attached hydrogens (tertiary/aromatic N) is 4. The second-order valence-electron chi connectivity index (χ2n) is 18.8. The van der Waals surface area contributed by atoms with Gasteiger partial charge >= 0.3 is 0 Å². The number of aromatic nitrogens is 1. The number of ketones is 1. The maximum Gasteiger partial charge on any atom is 0.246 e. The van der Waals surface area contributed by atoms with E-state index in [4.69, 9.17) is 9.47 Å². The van der Waals surface area contributed by atoms with Gasteiger partial charge in [0.05, 0.1) is 42.0 Å². The molecule has 2 saturated heterocycles. The highest BCUT2D eigenvalue weighted by atomic mass is 32.1. The van der Waals surface area contributed by atoms with E-state index in [0.717, 1.165) is 80.6 Å². The number of rotatable bonds is 18. The molecular formula is C53H60N6O9S2. The summed E-state index contributed by atoms with van der Waals surface area (Å²) in [5.41, 5.74) is 7.00. The zero-order valence-electron chi connectivity index (χ0n) is 39.9. The van der Waals surface area contributed by atoms with Crippen molar-refractivity contribution in [3.63, 3.8) is 0 Å². The van der Waals surface area contributed by atoms with Crippen LogP contribution in [0.2, 0.25) is 0 Å². The molecule has 17 heteroatoms. The van der Waals surface area contributed by atoms with Gasteiger partial charge < -0.3 is 45.2 Å². The number of thiophene rings is 1. The van der Waals surface area contributed by atoms with Gasteiger partial charge in [-0.3, -0.25) is 24.1 Å². The van der Waals surface area contributed by atoms with Crippen LogP contribution in [-0.2, 0) is 30.4 Å². The van der Waals surface area contributed by atoms with Gasteiger partial charge in [0, 0.05) is 84.0 Å². The number of benzene rings is 4. The number of β-amino-alcohol motifs (C(OH)–C–C–N with tert-alkyl or cyclic N) is 1. The molecule has 2 aromatic heterocycles. The molecule has 0 bridgehead atoms. The van der Waals surface area contributed by atoms with Gasteiger partial charge in [0.2, 0.25) is 17.7 Å². The van der Waals surface area contributed by atoms with Gasteiger partial charge in [0.1, 0.15) is 30.2 Å².